The Kier molecular flexibility index (Phi) is 3.40. The minimum absolute atomic E-state index is 0.265. The number of ether oxygens (including phenoxy) is 1. The van der Waals surface area contributed by atoms with Gasteiger partial charge in [-0.2, -0.15) is 9.97 Å². The second-order valence-electron chi connectivity index (χ2n) is 3.76. The van der Waals surface area contributed by atoms with Gasteiger partial charge in [-0.3, -0.25) is 0 Å². The molecule has 0 amide bonds. The van der Waals surface area contributed by atoms with Crippen LogP contribution >= 0.6 is 0 Å². The van der Waals surface area contributed by atoms with Crippen molar-refractivity contribution in [2.45, 2.75) is 18.9 Å². The average Bonchev–Trinajstić information content (AvgIpc) is 2.78. The molecule has 16 heavy (non-hydrogen) atoms. The van der Waals surface area contributed by atoms with E-state index in [0.29, 0.717) is 5.82 Å². The van der Waals surface area contributed by atoms with Gasteiger partial charge in [0.2, 0.25) is 5.95 Å². The Hall–Kier alpha value is -1.56. The first-order valence-electron chi connectivity index (χ1n) is 5.45. The van der Waals surface area contributed by atoms with E-state index in [2.05, 4.69) is 20.6 Å². The summed E-state index contributed by atoms with van der Waals surface area (Å²) < 4.78 is 5.51. The van der Waals surface area contributed by atoms with Crippen LogP contribution in [0.2, 0.25) is 0 Å². The Morgan fingerprint density at radius 1 is 1.50 bits per heavy atom. The lowest BCUT2D eigenvalue weighted by atomic mass is 10.2. The lowest BCUT2D eigenvalue weighted by molar-refractivity contribution is 0.120. The molecule has 0 bridgehead atoms. The summed E-state index contributed by atoms with van der Waals surface area (Å²) in [6.07, 6.45) is 2.53. The van der Waals surface area contributed by atoms with Gasteiger partial charge in [0.25, 0.3) is 0 Å². The topological polar surface area (TPSA) is 85.1 Å². The van der Waals surface area contributed by atoms with E-state index < -0.39 is 0 Å². The highest BCUT2D eigenvalue weighted by Crippen LogP contribution is 2.15. The van der Waals surface area contributed by atoms with Crippen LogP contribution in [-0.4, -0.2) is 36.3 Å². The first-order valence-corrected chi connectivity index (χ1v) is 5.45. The van der Waals surface area contributed by atoms with E-state index in [1.54, 1.807) is 7.05 Å². The smallest absolute Gasteiger partial charge is 0.223 e. The summed E-state index contributed by atoms with van der Waals surface area (Å²) in [6.45, 7) is 1.62. The second kappa shape index (κ2) is 4.98. The molecule has 0 aliphatic carbocycles. The highest BCUT2D eigenvalue weighted by Gasteiger charge is 2.15. The van der Waals surface area contributed by atoms with Gasteiger partial charge in [0, 0.05) is 26.3 Å². The molecule has 6 nitrogen and oxygen atoms in total. The molecule has 1 fully saturated rings. The first-order chi connectivity index (χ1) is 7.78. The predicted molar refractivity (Wildman–Crippen MR) is 63.5 cm³/mol. The maximum atomic E-state index is 5.59. The Morgan fingerprint density at radius 2 is 2.31 bits per heavy atom. The number of hydrogen-bond donors (Lipinski definition) is 3. The minimum Gasteiger partial charge on any atom is -0.376 e. The van der Waals surface area contributed by atoms with E-state index >= 15 is 0 Å². The third-order valence-corrected chi connectivity index (χ3v) is 2.53. The number of hydrogen-bond acceptors (Lipinski definition) is 6. The van der Waals surface area contributed by atoms with Crippen molar-refractivity contribution in [2.75, 3.05) is 36.6 Å². The van der Waals surface area contributed by atoms with Gasteiger partial charge in [0.15, 0.2) is 0 Å². The quantitative estimate of drug-likeness (QED) is 0.696. The second-order valence-corrected chi connectivity index (χ2v) is 3.76. The zero-order chi connectivity index (χ0) is 11.4. The van der Waals surface area contributed by atoms with E-state index in [9.17, 15) is 0 Å². The van der Waals surface area contributed by atoms with Crippen molar-refractivity contribution in [3.8, 4) is 0 Å². The predicted octanol–water partition coefficient (Wildman–Crippen LogP) is 0.691. The number of rotatable bonds is 4. The fourth-order valence-electron chi connectivity index (χ4n) is 1.71. The monoisotopic (exact) mass is 223 g/mol. The molecule has 1 aliphatic rings. The minimum atomic E-state index is 0.265. The van der Waals surface area contributed by atoms with Gasteiger partial charge in [-0.05, 0) is 12.8 Å². The molecule has 6 heteroatoms. The zero-order valence-electron chi connectivity index (χ0n) is 9.36. The highest BCUT2D eigenvalue weighted by atomic mass is 16.5. The number of nitrogens with zero attached hydrogens (tertiary/aromatic N) is 2. The van der Waals surface area contributed by atoms with Crippen LogP contribution in [0.1, 0.15) is 12.8 Å². The van der Waals surface area contributed by atoms with Crippen LogP contribution in [0.3, 0.4) is 0 Å². The SMILES string of the molecule is CNc1cc(NCC2CCCO2)nc(N)n1. The summed E-state index contributed by atoms with van der Waals surface area (Å²) in [5, 5.41) is 6.14. The molecule has 4 N–H and O–H groups in total. The average molecular weight is 223 g/mol. The lowest BCUT2D eigenvalue weighted by Crippen LogP contribution is -2.19. The van der Waals surface area contributed by atoms with Crippen LogP contribution in [0.15, 0.2) is 6.07 Å². The highest BCUT2D eigenvalue weighted by molar-refractivity contribution is 5.50. The molecule has 2 rings (SSSR count). The molecule has 1 atom stereocenters. The normalized spacial score (nSPS) is 19.7. The van der Waals surface area contributed by atoms with Crippen molar-refractivity contribution < 1.29 is 4.74 Å². The molecule has 0 radical (unpaired) electrons. The van der Waals surface area contributed by atoms with Crippen LogP contribution in [0.4, 0.5) is 17.6 Å². The molecular formula is C10H17N5O. The van der Waals surface area contributed by atoms with Gasteiger partial charge in [-0.15, -0.1) is 0 Å². The van der Waals surface area contributed by atoms with E-state index in [1.807, 2.05) is 6.07 Å². The fourth-order valence-corrected chi connectivity index (χ4v) is 1.71. The molecular weight excluding hydrogens is 206 g/mol. The molecule has 1 unspecified atom stereocenters. The Balaban J connectivity index is 1.94. The van der Waals surface area contributed by atoms with Crippen LogP contribution in [0, 0.1) is 0 Å². The molecule has 1 aliphatic heterocycles. The summed E-state index contributed by atoms with van der Waals surface area (Å²) >= 11 is 0. The third kappa shape index (κ3) is 2.73. The van der Waals surface area contributed by atoms with Crippen LogP contribution in [-0.2, 0) is 4.74 Å². The van der Waals surface area contributed by atoms with Crippen molar-refractivity contribution in [1.29, 1.82) is 0 Å². The lowest BCUT2D eigenvalue weighted by Gasteiger charge is -2.12. The third-order valence-electron chi connectivity index (χ3n) is 2.53. The standard InChI is InChI=1S/C10H17N5O/c1-12-8-5-9(15-10(11)14-8)13-6-7-3-2-4-16-7/h5,7H,2-4,6H2,1H3,(H4,11,12,13,14,15). The van der Waals surface area contributed by atoms with Crippen molar-refractivity contribution in [3.63, 3.8) is 0 Å². The maximum absolute atomic E-state index is 5.59. The van der Waals surface area contributed by atoms with Gasteiger partial charge in [-0.1, -0.05) is 0 Å². The van der Waals surface area contributed by atoms with E-state index in [0.717, 1.165) is 31.8 Å². The number of nitrogens with one attached hydrogen (secondary N) is 2. The molecule has 1 saturated heterocycles. The molecule has 2 heterocycles. The summed E-state index contributed by atoms with van der Waals surface area (Å²) in [5.74, 6) is 1.70. The van der Waals surface area contributed by atoms with Crippen molar-refractivity contribution in [2.24, 2.45) is 0 Å². The van der Waals surface area contributed by atoms with Crippen molar-refractivity contribution in [3.05, 3.63) is 6.07 Å². The number of anilines is 3. The Labute approximate surface area is 94.6 Å². The van der Waals surface area contributed by atoms with Crippen LogP contribution in [0.25, 0.3) is 0 Å². The summed E-state index contributed by atoms with van der Waals surface area (Å²) in [4.78, 5) is 8.12. The molecule has 1 aromatic rings. The van der Waals surface area contributed by atoms with Crippen LogP contribution in [0.5, 0.6) is 0 Å². The van der Waals surface area contributed by atoms with Crippen molar-refractivity contribution >= 4 is 17.6 Å². The molecule has 0 saturated carbocycles. The van der Waals surface area contributed by atoms with Gasteiger partial charge in [-0.25, -0.2) is 0 Å². The first kappa shape index (κ1) is 10.9. The van der Waals surface area contributed by atoms with Gasteiger partial charge < -0.3 is 21.1 Å². The van der Waals surface area contributed by atoms with Gasteiger partial charge >= 0.3 is 0 Å². The summed E-state index contributed by atoms with van der Waals surface area (Å²) in [6, 6.07) is 1.82. The van der Waals surface area contributed by atoms with E-state index in [1.165, 1.54) is 0 Å². The fraction of sp³-hybridized carbons (Fsp3) is 0.600. The molecule has 88 valence electrons. The summed E-state index contributed by atoms with van der Waals surface area (Å²) in [7, 11) is 1.80. The zero-order valence-corrected chi connectivity index (χ0v) is 9.36. The largest absolute Gasteiger partial charge is 0.376 e. The Morgan fingerprint density at radius 3 is 3.00 bits per heavy atom. The van der Waals surface area contributed by atoms with Gasteiger partial charge in [0.05, 0.1) is 6.10 Å². The van der Waals surface area contributed by atoms with E-state index in [-0.39, 0.29) is 12.1 Å². The number of aromatic nitrogens is 2. The molecule has 1 aromatic heterocycles. The van der Waals surface area contributed by atoms with Gasteiger partial charge in [0.1, 0.15) is 11.6 Å². The number of nitrogens with two attached hydrogens (primary N) is 1. The van der Waals surface area contributed by atoms with E-state index in [4.69, 9.17) is 10.5 Å². The molecule has 0 spiro atoms. The Bertz CT molecular complexity index is 351. The van der Waals surface area contributed by atoms with Crippen molar-refractivity contribution in [1.82, 2.24) is 9.97 Å². The maximum Gasteiger partial charge on any atom is 0.223 e. The molecule has 0 aromatic carbocycles. The summed E-state index contributed by atoms with van der Waals surface area (Å²) in [5.41, 5.74) is 5.59. The van der Waals surface area contributed by atoms with Crippen LogP contribution < -0.4 is 16.4 Å². The number of nitrogen functional groups attached to an aromatic ring is 1.